The van der Waals surface area contributed by atoms with E-state index < -0.39 is 11.6 Å². The Labute approximate surface area is 302 Å². The minimum absolute atomic E-state index is 0.0232. The number of benzene rings is 2. The molecule has 0 aliphatic carbocycles. The van der Waals surface area contributed by atoms with Crippen molar-refractivity contribution in [3.05, 3.63) is 47.7 Å². The molecule has 52 heavy (non-hydrogen) atoms. The lowest BCUT2D eigenvalue weighted by molar-refractivity contribution is -0.127. The number of rotatable bonds is 10. The first kappa shape index (κ1) is 35.5. The average molecular weight is 710 g/mol. The fraction of sp³-hybridized carbons (Fsp3) is 0.475. The number of likely N-dealkylation sites (N-methyl/N-ethyl adjacent to an activating group) is 1. The van der Waals surface area contributed by atoms with Crippen molar-refractivity contribution in [2.24, 2.45) is 5.92 Å². The van der Waals surface area contributed by atoms with Gasteiger partial charge in [0.05, 0.1) is 34.3 Å². The van der Waals surface area contributed by atoms with E-state index >= 15 is 4.39 Å². The van der Waals surface area contributed by atoms with Crippen LogP contribution in [0.1, 0.15) is 71.3 Å². The molecule has 7 rings (SSSR count). The minimum Gasteiger partial charge on any atom is -0.508 e. The first-order chi connectivity index (χ1) is 24.9. The van der Waals surface area contributed by atoms with Crippen LogP contribution in [0.15, 0.2) is 30.5 Å². The molecule has 3 fully saturated rings. The lowest BCUT2D eigenvalue weighted by atomic mass is 9.92. The van der Waals surface area contributed by atoms with E-state index in [9.17, 15) is 14.3 Å². The Morgan fingerprint density at radius 1 is 1.19 bits per heavy atom. The number of halogens is 2. The van der Waals surface area contributed by atoms with Crippen molar-refractivity contribution in [2.75, 3.05) is 38.2 Å². The number of carbonyl (C=O) groups is 1. The Balaban J connectivity index is 1.33. The molecule has 3 aliphatic rings. The van der Waals surface area contributed by atoms with Crippen molar-refractivity contribution in [1.82, 2.24) is 24.8 Å². The van der Waals surface area contributed by atoms with Gasteiger partial charge in [-0.15, -0.1) is 6.42 Å². The number of phenolic OH excluding ortho intramolecular Hbond substituents is 1. The number of fused-ring (bicyclic) bond motifs is 4. The van der Waals surface area contributed by atoms with E-state index in [0.717, 1.165) is 45.1 Å². The smallest absolute Gasteiger partial charge is 0.319 e. The van der Waals surface area contributed by atoms with Gasteiger partial charge >= 0.3 is 6.01 Å². The quantitative estimate of drug-likeness (QED) is 0.138. The summed E-state index contributed by atoms with van der Waals surface area (Å²) in [5.74, 6) is 1.21. The summed E-state index contributed by atoms with van der Waals surface area (Å²) in [6.45, 7) is 8.31. The van der Waals surface area contributed by atoms with Crippen molar-refractivity contribution in [3.63, 3.8) is 0 Å². The third kappa shape index (κ3) is 6.19. The number of ether oxygens (including phenoxy) is 1. The molecule has 2 unspecified atom stereocenters. The fourth-order valence-electron chi connectivity index (χ4n) is 8.63. The van der Waals surface area contributed by atoms with Gasteiger partial charge in [-0.2, -0.15) is 9.97 Å². The molecule has 5 heterocycles. The van der Waals surface area contributed by atoms with Crippen LogP contribution in [0, 0.1) is 35.3 Å². The average Bonchev–Trinajstić information content (AvgIpc) is 3.60. The second-order valence-electron chi connectivity index (χ2n) is 15.0. The number of anilines is 1. The number of likely N-dealkylation sites (tertiary alicyclic amines) is 1. The number of terminal acetylenes is 1. The van der Waals surface area contributed by atoms with Crippen LogP contribution in [-0.2, 0) is 4.79 Å². The normalized spacial score (nSPS) is 21.7. The number of aromatic nitrogens is 3. The monoisotopic (exact) mass is 709 g/mol. The van der Waals surface area contributed by atoms with Crippen LogP contribution in [0.3, 0.4) is 0 Å². The summed E-state index contributed by atoms with van der Waals surface area (Å²) < 4.78 is 38.4. The maximum absolute atomic E-state index is 17.1. The number of hydrogen-bond acceptors (Lipinski definition) is 9. The summed E-state index contributed by atoms with van der Waals surface area (Å²) >= 11 is 0. The number of aromatic hydroxyl groups is 1. The standard InChI is InChI=1S/C40H45F2N7O3/c1-6-13-40(14-8-15-47(40)5)22-52-39-45-36-30(37(46-39)48-20-25-10-11-26(21-48)49(25)38(51)32(43)16-23(3)4)19-44-35(34(36)42)29-18-27(50)17-24-9-12-31(41)28(7-2)33(24)29/h2,9,12,17-19,23,25-26,43,50H,6,8,10-11,13-16,20-22H2,1,3-5H3/t25?,26?,40-/m0/s1. The molecule has 1 amide bonds. The van der Waals surface area contributed by atoms with Gasteiger partial charge in [0, 0.05) is 30.2 Å². The van der Waals surface area contributed by atoms with Gasteiger partial charge in [0.25, 0.3) is 5.91 Å². The van der Waals surface area contributed by atoms with Gasteiger partial charge in [-0.3, -0.25) is 20.1 Å². The highest BCUT2D eigenvalue weighted by atomic mass is 19.1. The molecular formula is C40H45F2N7O3. The molecule has 12 heteroatoms. The Morgan fingerprint density at radius 2 is 1.94 bits per heavy atom. The second kappa shape index (κ2) is 13.9. The SMILES string of the molecule is C#Cc1c(F)ccc2cc(O)cc(-c3ncc4c(N5CC6CCC(C5)N6C(=O)C(=N)CC(C)C)nc(OC[C@]5(CCC)CCCN5C)nc4c3F)c12. The number of piperazine rings is 1. The zero-order valence-electron chi connectivity index (χ0n) is 30.2. The van der Waals surface area contributed by atoms with Crippen LogP contribution in [0.5, 0.6) is 11.8 Å². The summed E-state index contributed by atoms with van der Waals surface area (Å²) in [7, 11) is 2.10. The number of nitrogens with zero attached hydrogens (tertiary/aromatic N) is 6. The Hall–Kier alpha value is -4.89. The lowest BCUT2D eigenvalue weighted by Gasteiger charge is -2.42. The third-order valence-corrected chi connectivity index (χ3v) is 11.1. The lowest BCUT2D eigenvalue weighted by Crippen LogP contribution is -2.57. The van der Waals surface area contributed by atoms with Crippen LogP contribution in [0.2, 0.25) is 0 Å². The van der Waals surface area contributed by atoms with Crippen molar-refractivity contribution in [1.29, 1.82) is 5.41 Å². The minimum atomic E-state index is -0.787. The van der Waals surface area contributed by atoms with Crippen LogP contribution in [0.25, 0.3) is 32.9 Å². The largest absolute Gasteiger partial charge is 0.508 e. The van der Waals surface area contributed by atoms with Crippen molar-refractivity contribution < 1.29 is 23.4 Å². The van der Waals surface area contributed by atoms with Crippen molar-refractivity contribution in [3.8, 4) is 35.4 Å². The van der Waals surface area contributed by atoms with E-state index in [1.165, 1.54) is 30.5 Å². The predicted molar refractivity (Wildman–Crippen MR) is 198 cm³/mol. The molecule has 3 aliphatic heterocycles. The molecule has 0 radical (unpaired) electrons. The molecule has 0 spiro atoms. The van der Waals surface area contributed by atoms with E-state index in [1.54, 1.807) is 0 Å². The van der Waals surface area contributed by atoms with E-state index in [0.29, 0.717) is 42.7 Å². The topological polar surface area (TPSA) is 119 Å². The van der Waals surface area contributed by atoms with Crippen molar-refractivity contribution in [2.45, 2.75) is 83.3 Å². The fourth-order valence-corrected chi connectivity index (χ4v) is 8.63. The molecule has 2 N–H and O–H groups in total. The Kier molecular flexibility index (Phi) is 9.50. The summed E-state index contributed by atoms with van der Waals surface area (Å²) in [6, 6.07) is 5.22. The summed E-state index contributed by atoms with van der Waals surface area (Å²) in [5, 5.41) is 20.1. The number of pyridine rings is 1. The number of amides is 1. The van der Waals surface area contributed by atoms with Gasteiger partial charge < -0.3 is 19.6 Å². The maximum Gasteiger partial charge on any atom is 0.319 e. The first-order valence-electron chi connectivity index (χ1n) is 18.2. The van der Waals surface area contributed by atoms with Gasteiger partial charge in [0.1, 0.15) is 35.2 Å². The molecule has 272 valence electrons. The highest BCUT2D eigenvalue weighted by Crippen LogP contribution is 2.41. The summed E-state index contributed by atoms with van der Waals surface area (Å²) in [6.07, 6.45) is 13.1. The van der Waals surface area contributed by atoms with Crippen molar-refractivity contribution >= 4 is 39.1 Å². The van der Waals surface area contributed by atoms with Gasteiger partial charge in [-0.25, -0.2) is 8.78 Å². The van der Waals surface area contributed by atoms with Crippen LogP contribution >= 0.6 is 0 Å². The zero-order valence-corrected chi connectivity index (χ0v) is 30.2. The predicted octanol–water partition coefficient (Wildman–Crippen LogP) is 6.70. The molecule has 3 atom stereocenters. The molecule has 3 saturated heterocycles. The zero-order chi connectivity index (χ0) is 36.9. The molecule has 0 saturated carbocycles. The highest BCUT2D eigenvalue weighted by molar-refractivity contribution is 6.37. The van der Waals surface area contributed by atoms with Crippen LogP contribution in [-0.4, -0.2) is 92.4 Å². The molecule has 2 bridgehead atoms. The Bertz CT molecular complexity index is 2100. The van der Waals surface area contributed by atoms with E-state index in [1.807, 2.05) is 18.7 Å². The molecule has 2 aromatic heterocycles. The maximum atomic E-state index is 17.1. The van der Waals surface area contributed by atoms with Crippen LogP contribution in [0.4, 0.5) is 14.6 Å². The Morgan fingerprint density at radius 3 is 2.60 bits per heavy atom. The van der Waals surface area contributed by atoms with Crippen LogP contribution < -0.4 is 9.64 Å². The highest BCUT2D eigenvalue weighted by Gasteiger charge is 2.45. The van der Waals surface area contributed by atoms with Gasteiger partial charge in [-0.1, -0.05) is 39.2 Å². The second-order valence-corrected chi connectivity index (χ2v) is 15.0. The molecule has 2 aromatic carbocycles. The first-order valence-corrected chi connectivity index (χ1v) is 18.2. The third-order valence-electron chi connectivity index (χ3n) is 11.1. The summed E-state index contributed by atoms with van der Waals surface area (Å²) in [5.41, 5.74) is -0.193. The molecule has 10 nitrogen and oxygen atoms in total. The number of carbonyl (C=O) groups excluding carboxylic acids is 1. The van der Waals surface area contributed by atoms with E-state index in [2.05, 4.69) is 39.7 Å². The molecule has 4 aromatic rings. The van der Waals surface area contributed by atoms with Gasteiger partial charge in [0.2, 0.25) is 0 Å². The van der Waals surface area contributed by atoms with Gasteiger partial charge in [0.15, 0.2) is 5.82 Å². The van der Waals surface area contributed by atoms with E-state index in [4.69, 9.17) is 21.6 Å². The summed E-state index contributed by atoms with van der Waals surface area (Å²) in [4.78, 5) is 33.7. The molecular weight excluding hydrogens is 664 g/mol. The number of phenols is 1. The number of hydrogen-bond donors (Lipinski definition) is 2. The van der Waals surface area contributed by atoms with E-state index in [-0.39, 0.29) is 74.6 Å². The van der Waals surface area contributed by atoms with Gasteiger partial charge in [-0.05, 0) is 81.6 Å². The number of nitrogens with one attached hydrogen (secondary N) is 1.